The number of rotatable bonds is 18. The molecule has 49 heavy (non-hydrogen) atoms. The predicted octanol–water partition coefficient (Wildman–Crippen LogP) is 6.02. The van der Waals surface area contributed by atoms with Gasteiger partial charge in [0.2, 0.25) is 5.88 Å². The molecular formula is C39H55N5O5. The summed E-state index contributed by atoms with van der Waals surface area (Å²) in [4.78, 5) is 7.03. The van der Waals surface area contributed by atoms with Crippen LogP contribution in [0.4, 0.5) is 0 Å². The fraction of sp³-hybridized carbons (Fsp3) is 0.513. The summed E-state index contributed by atoms with van der Waals surface area (Å²) >= 11 is 0. The number of benzene rings is 2. The predicted molar refractivity (Wildman–Crippen MR) is 195 cm³/mol. The Hall–Kier alpha value is -4.17. The third kappa shape index (κ3) is 9.30. The van der Waals surface area contributed by atoms with Crippen LogP contribution < -0.4 is 24.7 Å². The van der Waals surface area contributed by atoms with Crippen molar-refractivity contribution in [3.8, 4) is 29.1 Å². The number of nitrogens with zero attached hydrogens (tertiary/aromatic N) is 4. The summed E-state index contributed by atoms with van der Waals surface area (Å²) in [6, 6.07) is 14.2. The fourth-order valence-corrected chi connectivity index (χ4v) is 6.52. The third-order valence-corrected chi connectivity index (χ3v) is 9.31. The van der Waals surface area contributed by atoms with Crippen LogP contribution in [0.5, 0.6) is 23.0 Å². The number of nitriles is 1. The first kappa shape index (κ1) is 37.6. The van der Waals surface area contributed by atoms with Gasteiger partial charge in [-0.15, -0.1) is 0 Å². The van der Waals surface area contributed by atoms with Gasteiger partial charge in [-0.1, -0.05) is 46.8 Å². The van der Waals surface area contributed by atoms with E-state index >= 15 is 0 Å². The van der Waals surface area contributed by atoms with Gasteiger partial charge in [-0.3, -0.25) is 4.90 Å². The van der Waals surface area contributed by atoms with Gasteiger partial charge in [0, 0.05) is 31.8 Å². The average molecular weight is 674 g/mol. The topological polar surface area (TPSA) is 106 Å². The SMILES string of the molecule is CCCN1CC2=C(OC(N)=C(C#N)C2c2ccc(OCCN(CC)CC)c(OC)c2)/C(=C/c2ccc(OCCN(CC)CC)c(OC)c2)C1. The molecule has 2 aromatic rings. The van der Waals surface area contributed by atoms with Crippen molar-refractivity contribution in [3.63, 3.8) is 0 Å². The zero-order valence-corrected chi connectivity index (χ0v) is 30.5. The van der Waals surface area contributed by atoms with Gasteiger partial charge in [-0.25, -0.2) is 0 Å². The van der Waals surface area contributed by atoms with Crippen molar-refractivity contribution in [3.05, 3.63) is 75.9 Å². The summed E-state index contributed by atoms with van der Waals surface area (Å²) in [6.07, 6.45) is 3.11. The summed E-state index contributed by atoms with van der Waals surface area (Å²) in [5.74, 6) is 3.10. The number of allylic oxidation sites excluding steroid dienone is 1. The molecule has 4 rings (SSSR count). The Balaban J connectivity index is 1.69. The fourth-order valence-electron chi connectivity index (χ4n) is 6.52. The van der Waals surface area contributed by atoms with E-state index < -0.39 is 5.92 Å². The van der Waals surface area contributed by atoms with Crippen LogP contribution in [-0.2, 0) is 4.74 Å². The van der Waals surface area contributed by atoms with Gasteiger partial charge in [0.05, 0.1) is 20.1 Å². The van der Waals surface area contributed by atoms with Crippen molar-refractivity contribution in [1.82, 2.24) is 14.7 Å². The van der Waals surface area contributed by atoms with Crippen molar-refractivity contribution < 1.29 is 23.7 Å². The van der Waals surface area contributed by atoms with Gasteiger partial charge in [0.25, 0.3) is 0 Å². The zero-order valence-electron chi connectivity index (χ0n) is 30.5. The van der Waals surface area contributed by atoms with Crippen LogP contribution in [0.2, 0.25) is 0 Å². The minimum absolute atomic E-state index is 0.120. The second-order valence-corrected chi connectivity index (χ2v) is 12.2. The van der Waals surface area contributed by atoms with Gasteiger partial charge in [-0.2, -0.15) is 5.26 Å². The van der Waals surface area contributed by atoms with E-state index in [4.69, 9.17) is 29.4 Å². The van der Waals surface area contributed by atoms with Crippen LogP contribution in [0.25, 0.3) is 6.08 Å². The summed E-state index contributed by atoms with van der Waals surface area (Å²) in [7, 11) is 3.30. The monoisotopic (exact) mass is 673 g/mol. The van der Waals surface area contributed by atoms with Crippen LogP contribution >= 0.6 is 0 Å². The highest BCUT2D eigenvalue weighted by Gasteiger charge is 2.38. The van der Waals surface area contributed by atoms with Crippen LogP contribution in [-0.4, -0.2) is 101 Å². The largest absolute Gasteiger partial charge is 0.493 e. The standard InChI is InChI=1S/C39H55N5O5/c1-8-17-44-26-30(22-28-13-15-33(35(23-28)45-6)47-20-18-42(9-2)10-3)38-32(27-44)37(31(25-40)39(41)49-38)29-14-16-34(36(24-29)46-7)48-21-19-43(11-4)12-5/h13-16,22-24,37H,8-12,17-21,26-27,41H2,1-7H3/b30-22+. The summed E-state index contributed by atoms with van der Waals surface area (Å²) < 4.78 is 30.1. The maximum Gasteiger partial charge on any atom is 0.205 e. The Morgan fingerprint density at radius 3 is 2.00 bits per heavy atom. The van der Waals surface area contributed by atoms with Crippen LogP contribution in [0, 0.1) is 11.3 Å². The minimum Gasteiger partial charge on any atom is -0.493 e. The van der Waals surface area contributed by atoms with Crippen molar-refractivity contribution >= 4 is 6.08 Å². The molecule has 2 aliphatic heterocycles. The molecule has 0 saturated carbocycles. The maximum atomic E-state index is 10.3. The second-order valence-electron chi connectivity index (χ2n) is 12.2. The summed E-state index contributed by atoms with van der Waals surface area (Å²) in [5, 5.41) is 10.3. The van der Waals surface area contributed by atoms with Crippen molar-refractivity contribution in [2.45, 2.75) is 47.0 Å². The quantitative estimate of drug-likeness (QED) is 0.202. The highest BCUT2D eigenvalue weighted by Crippen LogP contribution is 2.45. The average Bonchev–Trinajstić information content (AvgIpc) is 3.12. The number of hydrogen-bond donors (Lipinski definition) is 1. The first-order chi connectivity index (χ1) is 23.8. The number of methoxy groups -OCH3 is 2. The molecule has 1 atom stereocenters. The normalized spacial score (nSPS) is 17.3. The molecule has 0 spiro atoms. The molecule has 10 heteroatoms. The molecule has 0 bridgehead atoms. The molecule has 0 fully saturated rings. The molecule has 0 aromatic heterocycles. The number of ether oxygens (including phenoxy) is 5. The van der Waals surface area contributed by atoms with Gasteiger partial charge in [-0.05, 0) is 86.2 Å². The number of hydrogen-bond acceptors (Lipinski definition) is 10. The van der Waals surface area contributed by atoms with E-state index in [1.165, 1.54) is 0 Å². The van der Waals surface area contributed by atoms with Gasteiger partial charge in [0.15, 0.2) is 23.0 Å². The Bertz CT molecular complexity index is 1540. The molecule has 0 radical (unpaired) electrons. The van der Waals surface area contributed by atoms with E-state index in [1.807, 2.05) is 36.4 Å². The van der Waals surface area contributed by atoms with Gasteiger partial charge >= 0.3 is 0 Å². The lowest BCUT2D eigenvalue weighted by atomic mass is 9.80. The third-order valence-electron chi connectivity index (χ3n) is 9.31. The molecule has 266 valence electrons. The lowest BCUT2D eigenvalue weighted by Gasteiger charge is -2.38. The van der Waals surface area contributed by atoms with E-state index in [-0.39, 0.29) is 5.88 Å². The summed E-state index contributed by atoms with van der Waals surface area (Å²) in [5.41, 5.74) is 10.7. The highest BCUT2D eigenvalue weighted by atomic mass is 16.5. The van der Waals surface area contributed by atoms with Crippen molar-refractivity contribution in [2.75, 3.05) is 86.3 Å². The van der Waals surface area contributed by atoms with E-state index in [9.17, 15) is 5.26 Å². The lowest BCUT2D eigenvalue weighted by Crippen LogP contribution is -2.38. The van der Waals surface area contributed by atoms with E-state index in [0.717, 1.165) is 74.5 Å². The molecule has 2 N–H and O–H groups in total. The Morgan fingerprint density at radius 1 is 0.857 bits per heavy atom. The Kier molecular flexibility index (Phi) is 14.3. The summed E-state index contributed by atoms with van der Waals surface area (Å²) in [6.45, 7) is 19.7. The smallest absolute Gasteiger partial charge is 0.205 e. The first-order valence-corrected chi connectivity index (χ1v) is 17.6. The Morgan fingerprint density at radius 2 is 1.45 bits per heavy atom. The molecule has 0 saturated heterocycles. The van der Waals surface area contributed by atoms with Gasteiger partial charge in [0.1, 0.15) is 30.6 Å². The van der Waals surface area contributed by atoms with E-state index in [1.54, 1.807) is 14.2 Å². The Labute approximate surface area is 293 Å². The molecular weight excluding hydrogens is 618 g/mol. The molecule has 2 heterocycles. The first-order valence-electron chi connectivity index (χ1n) is 17.6. The van der Waals surface area contributed by atoms with Gasteiger partial charge < -0.3 is 39.2 Å². The molecule has 0 aliphatic carbocycles. The van der Waals surface area contributed by atoms with E-state index in [2.05, 4.69) is 61.5 Å². The second kappa shape index (κ2) is 18.6. The number of likely N-dealkylation sites (N-methyl/N-ethyl adjacent to an activating group) is 2. The minimum atomic E-state index is -0.397. The lowest BCUT2D eigenvalue weighted by molar-refractivity contribution is 0.217. The van der Waals surface area contributed by atoms with E-state index in [0.29, 0.717) is 60.6 Å². The van der Waals surface area contributed by atoms with Crippen LogP contribution in [0.3, 0.4) is 0 Å². The molecule has 2 aromatic carbocycles. The molecule has 2 aliphatic rings. The maximum absolute atomic E-state index is 10.3. The van der Waals surface area contributed by atoms with Crippen molar-refractivity contribution in [2.24, 2.45) is 5.73 Å². The van der Waals surface area contributed by atoms with Crippen molar-refractivity contribution in [1.29, 1.82) is 5.26 Å². The zero-order chi connectivity index (χ0) is 35.3. The molecule has 10 nitrogen and oxygen atoms in total. The molecule has 0 amide bonds. The van der Waals surface area contributed by atoms with Crippen LogP contribution in [0.15, 0.2) is 64.8 Å². The highest BCUT2D eigenvalue weighted by molar-refractivity contribution is 5.65. The number of nitrogens with two attached hydrogens (primary N) is 1. The van der Waals surface area contributed by atoms with Crippen LogP contribution in [0.1, 0.15) is 58.1 Å². The molecule has 1 unspecified atom stereocenters.